The molecule has 0 saturated carbocycles. The molecule has 2 rings (SSSR count). The summed E-state index contributed by atoms with van der Waals surface area (Å²) < 4.78 is 0. The second kappa shape index (κ2) is 9.92. The zero-order valence-corrected chi connectivity index (χ0v) is 17.6. The summed E-state index contributed by atoms with van der Waals surface area (Å²) in [5.74, 6) is -0.883. The minimum atomic E-state index is -0.883. The van der Waals surface area contributed by atoms with E-state index in [1.807, 2.05) is 13.0 Å². The summed E-state index contributed by atoms with van der Waals surface area (Å²) in [5.41, 5.74) is 6.89. The quantitative estimate of drug-likeness (QED) is 0.408. The molecule has 2 aliphatic rings. The summed E-state index contributed by atoms with van der Waals surface area (Å²) in [6.07, 6.45) is 21.1. The Bertz CT molecular complexity index is 696. The minimum Gasteiger partial charge on any atom is -0.478 e. The van der Waals surface area contributed by atoms with Gasteiger partial charge >= 0.3 is 5.97 Å². The number of carboxylic acids is 1. The number of aliphatic carboxylic acids is 1. The molecule has 0 saturated heterocycles. The van der Waals surface area contributed by atoms with Crippen molar-refractivity contribution in [2.45, 2.75) is 85.5 Å². The van der Waals surface area contributed by atoms with Crippen LogP contribution in [0.5, 0.6) is 0 Å². The van der Waals surface area contributed by atoms with E-state index in [0.717, 1.165) is 18.4 Å². The van der Waals surface area contributed by atoms with Crippen LogP contribution in [0.1, 0.15) is 85.5 Å². The second-order valence-corrected chi connectivity index (χ2v) is 8.79. The molecule has 0 aliphatic heterocycles. The maximum Gasteiger partial charge on any atom is 0.328 e. The van der Waals surface area contributed by atoms with E-state index < -0.39 is 5.97 Å². The lowest BCUT2D eigenvalue weighted by Gasteiger charge is -2.33. The van der Waals surface area contributed by atoms with Crippen LogP contribution in [0.25, 0.3) is 0 Å². The van der Waals surface area contributed by atoms with Crippen LogP contribution >= 0.6 is 0 Å². The third kappa shape index (κ3) is 6.68. The topological polar surface area (TPSA) is 37.3 Å². The number of hydrogen-bond acceptors (Lipinski definition) is 1. The number of hydrogen-bond donors (Lipinski definition) is 1. The van der Waals surface area contributed by atoms with Gasteiger partial charge in [0.05, 0.1) is 0 Å². The summed E-state index contributed by atoms with van der Waals surface area (Å²) in [5, 5.41) is 8.92. The Labute approximate surface area is 165 Å². The molecule has 2 heteroatoms. The molecule has 2 nitrogen and oxygen atoms in total. The van der Waals surface area contributed by atoms with E-state index in [9.17, 15) is 4.79 Å². The highest BCUT2D eigenvalue weighted by Crippen LogP contribution is 2.41. The predicted molar refractivity (Wildman–Crippen MR) is 115 cm³/mol. The first-order valence-electron chi connectivity index (χ1n) is 10.5. The molecule has 0 aromatic carbocycles. The second-order valence-electron chi connectivity index (χ2n) is 8.79. The highest BCUT2D eigenvalue weighted by atomic mass is 16.4. The van der Waals surface area contributed by atoms with Crippen molar-refractivity contribution < 1.29 is 9.90 Å². The molecule has 0 radical (unpaired) electrons. The maximum atomic E-state index is 10.9. The first kappa shape index (κ1) is 21.5. The zero-order valence-electron chi connectivity index (χ0n) is 17.6. The van der Waals surface area contributed by atoms with Crippen molar-refractivity contribution >= 4 is 5.97 Å². The number of allylic oxidation sites excluding steroid dienone is 9. The number of carboxylic acid groups (broad SMARTS) is 1. The molecule has 0 aromatic rings. The van der Waals surface area contributed by atoms with Crippen LogP contribution in [0.15, 0.2) is 58.2 Å². The van der Waals surface area contributed by atoms with E-state index >= 15 is 0 Å². The Morgan fingerprint density at radius 1 is 0.926 bits per heavy atom. The van der Waals surface area contributed by atoms with Gasteiger partial charge in [0.2, 0.25) is 0 Å². The SMILES string of the molecule is CC1=C(C=CC2=C(C=C/C(C)=C/C(=O)O)CCCCCC2)C(C)(C)CCC1. The molecule has 0 unspecified atom stereocenters. The van der Waals surface area contributed by atoms with Crippen molar-refractivity contribution in [2.75, 3.05) is 0 Å². The Kier molecular flexibility index (Phi) is 7.89. The number of carbonyl (C=O) groups is 1. The molecule has 148 valence electrons. The van der Waals surface area contributed by atoms with Gasteiger partial charge in [-0.2, -0.15) is 0 Å². The molecule has 0 fully saturated rings. The Hall–Kier alpha value is -1.83. The molecule has 0 spiro atoms. The van der Waals surface area contributed by atoms with Crippen LogP contribution in [0.3, 0.4) is 0 Å². The van der Waals surface area contributed by atoms with Gasteiger partial charge in [-0.3, -0.25) is 0 Å². The normalized spacial score (nSPS) is 22.4. The van der Waals surface area contributed by atoms with Gasteiger partial charge in [-0.25, -0.2) is 4.79 Å². The van der Waals surface area contributed by atoms with E-state index in [-0.39, 0.29) is 5.41 Å². The van der Waals surface area contributed by atoms with E-state index in [2.05, 4.69) is 39.0 Å². The third-order valence-electron chi connectivity index (χ3n) is 5.95. The molecule has 27 heavy (non-hydrogen) atoms. The molecule has 0 bridgehead atoms. The molecule has 2 aliphatic carbocycles. The zero-order chi connectivity index (χ0) is 19.9. The average Bonchev–Trinajstić information content (AvgIpc) is 2.54. The van der Waals surface area contributed by atoms with Gasteiger partial charge in [0.1, 0.15) is 0 Å². The van der Waals surface area contributed by atoms with Gasteiger partial charge in [-0.15, -0.1) is 0 Å². The fourth-order valence-electron chi connectivity index (χ4n) is 4.36. The summed E-state index contributed by atoms with van der Waals surface area (Å²) in [6.45, 7) is 8.86. The monoisotopic (exact) mass is 368 g/mol. The Balaban J connectivity index is 2.33. The van der Waals surface area contributed by atoms with Gasteiger partial charge in [0.25, 0.3) is 0 Å². The fraction of sp³-hybridized carbons (Fsp3) is 0.560. The number of rotatable bonds is 5. The van der Waals surface area contributed by atoms with Gasteiger partial charge < -0.3 is 5.11 Å². The molecule has 1 N–H and O–H groups in total. The van der Waals surface area contributed by atoms with Gasteiger partial charge in [-0.05, 0) is 86.5 Å². The van der Waals surface area contributed by atoms with Crippen LogP contribution in [0.2, 0.25) is 0 Å². The summed E-state index contributed by atoms with van der Waals surface area (Å²) in [6, 6.07) is 0. The van der Waals surface area contributed by atoms with Crippen molar-refractivity contribution in [1.29, 1.82) is 0 Å². The highest BCUT2D eigenvalue weighted by molar-refractivity contribution is 5.81. The molecular weight excluding hydrogens is 332 g/mol. The van der Waals surface area contributed by atoms with E-state index in [4.69, 9.17) is 5.11 Å². The van der Waals surface area contributed by atoms with Gasteiger partial charge in [0, 0.05) is 6.08 Å². The lowest BCUT2D eigenvalue weighted by atomic mass is 9.72. The molecule has 0 amide bonds. The van der Waals surface area contributed by atoms with E-state index in [1.165, 1.54) is 73.3 Å². The van der Waals surface area contributed by atoms with Crippen molar-refractivity contribution in [3.63, 3.8) is 0 Å². The van der Waals surface area contributed by atoms with Gasteiger partial charge in [0.15, 0.2) is 0 Å². The first-order chi connectivity index (χ1) is 12.8. The van der Waals surface area contributed by atoms with Crippen LogP contribution < -0.4 is 0 Å². The van der Waals surface area contributed by atoms with Crippen LogP contribution in [-0.2, 0) is 4.79 Å². The lowest BCUT2D eigenvalue weighted by Crippen LogP contribution is -2.19. The molecule has 0 aromatic heterocycles. The summed E-state index contributed by atoms with van der Waals surface area (Å²) in [7, 11) is 0. The lowest BCUT2D eigenvalue weighted by molar-refractivity contribution is -0.131. The van der Waals surface area contributed by atoms with Crippen molar-refractivity contribution in [3.05, 3.63) is 58.2 Å². The molecule has 0 heterocycles. The van der Waals surface area contributed by atoms with Crippen molar-refractivity contribution in [3.8, 4) is 0 Å². The van der Waals surface area contributed by atoms with Crippen LogP contribution in [0, 0.1) is 5.41 Å². The maximum absolute atomic E-state index is 10.9. The first-order valence-corrected chi connectivity index (χ1v) is 10.5. The van der Waals surface area contributed by atoms with E-state index in [1.54, 1.807) is 0 Å². The van der Waals surface area contributed by atoms with Crippen molar-refractivity contribution in [1.82, 2.24) is 0 Å². The van der Waals surface area contributed by atoms with Crippen molar-refractivity contribution in [2.24, 2.45) is 5.41 Å². The van der Waals surface area contributed by atoms with Crippen LogP contribution in [-0.4, -0.2) is 11.1 Å². The largest absolute Gasteiger partial charge is 0.478 e. The smallest absolute Gasteiger partial charge is 0.328 e. The van der Waals surface area contributed by atoms with E-state index in [0.29, 0.717) is 0 Å². The summed E-state index contributed by atoms with van der Waals surface area (Å²) >= 11 is 0. The molecule has 0 atom stereocenters. The average molecular weight is 369 g/mol. The standard InChI is InChI=1S/C25H36O2/c1-19(18-24(26)27)13-14-21-11-7-5-6-8-12-22(21)15-16-23-20(2)10-9-17-25(23,3)4/h13-16,18H,5-12,17H2,1-4H3,(H,26,27)/b14-13?,16-15?,19-18+,22-21?. The summed E-state index contributed by atoms with van der Waals surface area (Å²) in [4.78, 5) is 10.9. The minimum absolute atomic E-state index is 0.262. The third-order valence-corrected chi connectivity index (χ3v) is 5.95. The fourth-order valence-corrected chi connectivity index (χ4v) is 4.36. The Morgan fingerprint density at radius 2 is 1.56 bits per heavy atom. The predicted octanol–water partition coefficient (Wildman–Crippen LogP) is 7.31. The molecular formula is C25H36O2. The van der Waals surface area contributed by atoms with Crippen LogP contribution in [0.4, 0.5) is 0 Å². The Morgan fingerprint density at radius 3 is 2.15 bits per heavy atom. The highest BCUT2D eigenvalue weighted by Gasteiger charge is 2.26. The van der Waals surface area contributed by atoms with Gasteiger partial charge in [-0.1, -0.05) is 56.6 Å².